The fraction of sp³-hybridized carbons (Fsp3) is 0.208. The molecule has 0 aromatic heterocycles. The van der Waals surface area contributed by atoms with E-state index in [0.29, 0.717) is 22.9 Å². The third-order valence-electron chi connectivity index (χ3n) is 5.43. The van der Waals surface area contributed by atoms with Gasteiger partial charge in [-0.1, -0.05) is 52.7 Å². The number of nitrogens with zero attached hydrogens (tertiary/aromatic N) is 2. The quantitative estimate of drug-likeness (QED) is 0.501. The number of carbonyl (C=O) groups is 3. The molecule has 1 aliphatic rings. The van der Waals surface area contributed by atoms with E-state index >= 15 is 0 Å². The first kappa shape index (κ1) is 20.3. The standard InChI is InChI=1S/C24H21BrN2O3/c1-3-21(28)26(16-9-7-15(2)8-10-16)13-14-27-23(29)18-6-4-5-17-20(25)12-11-19(22(17)18)24(27)30/h4-12H,3,13-14H2,1-2H3. The minimum absolute atomic E-state index is 0.0535. The van der Waals surface area contributed by atoms with Gasteiger partial charge in [-0.15, -0.1) is 0 Å². The fourth-order valence-electron chi connectivity index (χ4n) is 3.83. The van der Waals surface area contributed by atoms with Crippen molar-refractivity contribution >= 4 is 50.1 Å². The number of benzene rings is 3. The van der Waals surface area contributed by atoms with Crippen LogP contribution in [0, 0.1) is 6.92 Å². The largest absolute Gasteiger partial charge is 0.311 e. The SMILES string of the molecule is CCC(=O)N(CCN1C(=O)c2cccc3c(Br)ccc(c23)C1=O)c1ccc(C)cc1. The number of halogens is 1. The van der Waals surface area contributed by atoms with Crippen LogP contribution in [0.3, 0.4) is 0 Å². The zero-order chi connectivity index (χ0) is 21.4. The molecule has 6 heteroatoms. The molecule has 3 aromatic carbocycles. The van der Waals surface area contributed by atoms with Gasteiger partial charge in [0.25, 0.3) is 11.8 Å². The van der Waals surface area contributed by atoms with Crippen molar-refractivity contribution in [3.05, 3.63) is 75.8 Å². The summed E-state index contributed by atoms with van der Waals surface area (Å²) in [5, 5.41) is 1.52. The summed E-state index contributed by atoms with van der Waals surface area (Å²) in [5.74, 6) is -0.713. The number of hydrogen-bond acceptors (Lipinski definition) is 3. The first-order valence-corrected chi connectivity index (χ1v) is 10.7. The lowest BCUT2D eigenvalue weighted by Crippen LogP contribution is -2.45. The Morgan fingerprint density at radius 2 is 1.63 bits per heavy atom. The van der Waals surface area contributed by atoms with E-state index in [9.17, 15) is 14.4 Å². The average molecular weight is 465 g/mol. The minimum Gasteiger partial charge on any atom is -0.311 e. The van der Waals surface area contributed by atoms with Crippen LogP contribution in [0.5, 0.6) is 0 Å². The Labute approximate surface area is 183 Å². The van der Waals surface area contributed by atoms with Gasteiger partial charge in [-0.05, 0) is 42.6 Å². The van der Waals surface area contributed by atoms with Crippen LogP contribution in [-0.2, 0) is 4.79 Å². The Kier molecular flexibility index (Phi) is 5.43. The number of anilines is 1. The van der Waals surface area contributed by atoms with Gasteiger partial charge in [-0.25, -0.2) is 0 Å². The van der Waals surface area contributed by atoms with E-state index in [0.717, 1.165) is 21.1 Å². The van der Waals surface area contributed by atoms with Crippen LogP contribution >= 0.6 is 15.9 Å². The number of imide groups is 1. The molecule has 0 fully saturated rings. The highest BCUT2D eigenvalue weighted by molar-refractivity contribution is 9.10. The van der Waals surface area contributed by atoms with Crippen molar-refractivity contribution in [2.75, 3.05) is 18.0 Å². The molecule has 0 bridgehead atoms. The molecule has 0 saturated heterocycles. The van der Waals surface area contributed by atoms with E-state index in [4.69, 9.17) is 0 Å². The lowest BCUT2D eigenvalue weighted by atomic mass is 9.94. The van der Waals surface area contributed by atoms with Crippen molar-refractivity contribution in [1.29, 1.82) is 0 Å². The summed E-state index contributed by atoms with van der Waals surface area (Å²) in [5.41, 5.74) is 2.87. The first-order chi connectivity index (χ1) is 14.4. The van der Waals surface area contributed by atoms with Crippen LogP contribution < -0.4 is 4.90 Å². The van der Waals surface area contributed by atoms with E-state index in [-0.39, 0.29) is 30.8 Å². The zero-order valence-corrected chi connectivity index (χ0v) is 18.4. The Morgan fingerprint density at radius 1 is 0.967 bits per heavy atom. The molecule has 0 aliphatic carbocycles. The van der Waals surface area contributed by atoms with E-state index in [1.165, 1.54) is 4.90 Å². The number of hydrogen-bond donors (Lipinski definition) is 0. The molecule has 5 nitrogen and oxygen atoms in total. The molecule has 1 heterocycles. The first-order valence-electron chi connectivity index (χ1n) is 9.86. The highest BCUT2D eigenvalue weighted by Gasteiger charge is 2.33. The van der Waals surface area contributed by atoms with Crippen LogP contribution in [0.1, 0.15) is 39.6 Å². The van der Waals surface area contributed by atoms with Crippen LogP contribution in [0.15, 0.2) is 59.1 Å². The van der Waals surface area contributed by atoms with Gasteiger partial charge in [0.2, 0.25) is 5.91 Å². The number of aryl methyl sites for hydroxylation is 1. The fourth-order valence-corrected chi connectivity index (χ4v) is 4.29. The molecule has 0 atom stereocenters. The molecule has 3 amide bonds. The van der Waals surface area contributed by atoms with Crippen LogP contribution in [0.25, 0.3) is 10.8 Å². The zero-order valence-electron chi connectivity index (χ0n) is 16.8. The molecule has 30 heavy (non-hydrogen) atoms. The second-order valence-electron chi connectivity index (χ2n) is 7.32. The lowest BCUT2D eigenvalue weighted by Gasteiger charge is -2.30. The van der Waals surface area contributed by atoms with Crippen LogP contribution in [-0.4, -0.2) is 35.7 Å². The van der Waals surface area contributed by atoms with E-state index in [1.54, 1.807) is 24.0 Å². The van der Waals surface area contributed by atoms with Crippen LogP contribution in [0.2, 0.25) is 0 Å². The van der Waals surface area contributed by atoms with Gasteiger partial charge in [0.05, 0.1) is 0 Å². The normalized spacial score (nSPS) is 13.1. The lowest BCUT2D eigenvalue weighted by molar-refractivity contribution is -0.118. The maximum atomic E-state index is 13.1. The molecule has 0 N–H and O–H groups in total. The predicted molar refractivity (Wildman–Crippen MR) is 121 cm³/mol. The van der Waals surface area contributed by atoms with Gasteiger partial charge in [-0.3, -0.25) is 19.3 Å². The topological polar surface area (TPSA) is 57.7 Å². The maximum absolute atomic E-state index is 13.1. The Bertz CT molecular complexity index is 1150. The van der Waals surface area contributed by atoms with Gasteiger partial charge >= 0.3 is 0 Å². The van der Waals surface area contributed by atoms with Crippen molar-refractivity contribution in [3.8, 4) is 0 Å². The summed E-state index contributed by atoms with van der Waals surface area (Å²) in [6, 6.07) is 16.7. The predicted octanol–water partition coefficient (Wildman–Crippen LogP) is 4.95. The summed E-state index contributed by atoms with van der Waals surface area (Å²) in [6.07, 6.45) is 0.339. The smallest absolute Gasteiger partial charge is 0.261 e. The molecule has 0 saturated carbocycles. The van der Waals surface area contributed by atoms with Crippen molar-refractivity contribution in [1.82, 2.24) is 4.90 Å². The Hall–Kier alpha value is -2.99. The number of carbonyl (C=O) groups excluding carboxylic acids is 3. The minimum atomic E-state index is -0.330. The summed E-state index contributed by atoms with van der Waals surface area (Å²) >= 11 is 3.50. The summed E-state index contributed by atoms with van der Waals surface area (Å²) in [6.45, 7) is 4.16. The van der Waals surface area contributed by atoms with Gasteiger partial charge in [0.15, 0.2) is 0 Å². The maximum Gasteiger partial charge on any atom is 0.261 e. The molecular weight excluding hydrogens is 444 g/mol. The van der Waals surface area contributed by atoms with Crippen molar-refractivity contribution < 1.29 is 14.4 Å². The second kappa shape index (κ2) is 8.03. The molecule has 0 radical (unpaired) electrons. The third kappa shape index (κ3) is 3.41. The molecule has 0 unspecified atom stereocenters. The van der Waals surface area contributed by atoms with Crippen molar-refractivity contribution in [2.45, 2.75) is 20.3 Å². The van der Waals surface area contributed by atoms with Gasteiger partial charge in [0, 0.05) is 46.2 Å². The Balaban J connectivity index is 1.65. The molecule has 152 valence electrons. The third-order valence-corrected chi connectivity index (χ3v) is 6.13. The van der Waals surface area contributed by atoms with E-state index < -0.39 is 0 Å². The molecule has 3 aromatic rings. The summed E-state index contributed by atoms with van der Waals surface area (Å²) in [7, 11) is 0. The average Bonchev–Trinajstić information content (AvgIpc) is 2.76. The van der Waals surface area contributed by atoms with E-state index in [1.807, 2.05) is 49.4 Å². The molecule has 1 aliphatic heterocycles. The summed E-state index contributed by atoms with van der Waals surface area (Å²) < 4.78 is 0.844. The van der Waals surface area contributed by atoms with Gasteiger partial charge in [0.1, 0.15) is 0 Å². The van der Waals surface area contributed by atoms with Gasteiger partial charge in [-0.2, -0.15) is 0 Å². The van der Waals surface area contributed by atoms with Crippen molar-refractivity contribution in [2.24, 2.45) is 0 Å². The van der Waals surface area contributed by atoms with Crippen LogP contribution in [0.4, 0.5) is 5.69 Å². The molecular formula is C24H21BrN2O3. The van der Waals surface area contributed by atoms with Crippen molar-refractivity contribution in [3.63, 3.8) is 0 Å². The number of amides is 3. The summed E-state index contributed by atoms with van der Waals surface area (Å²) in [4.78, 5) is 41.7. The van der Waals surface area contributed by atoms with E-state index in [2.05, 4.69) is 15.9 Å². The molecule has 4 rings (SSSR count). The highest BCUT2D eigenvalue weighted by atomic mass is 79.9. The monoisotopic (exact) mass is 464 g/mol. The number of rotatable bonds is 5. The van der Waals surface area contributed by atoms with Gasteiger partial charge < -0.3 is 4.90 Å². The molecule has 0 spiro atoms. The second-order valence-corrected chi connectivity index (χ2v) is 8.17. The highest BCUT2D eigenvalue weighted by Crippen LogP contribution is 2.34. The Morgan fingerprint density at radius 3 is 2.30 bits per heavy atom.